The minimum Gasteiger partial charge on any atom is -0.460 e. The predicted octanol–water partition coefficient (Wildman–Crippen LogP) is 8.12. The van der Waals surface area contributed by atoms with Gasteiger partial charge in [0.05, 0.1) is 6.10 Å². The summed E-state index contributed by atoms with van der Waals surface area (Å²) in [6.45, 7) is 6.42. The molecule has 2 atom stereocenters. The molecule has 29 heavy (non-hydrogen) atoms. The van der Waals surface area contributed by atoms with Gasteiger partial charge < -0.3 is 9.84 Å². The fraction of sp³-hybridized carbons (Fsp3) is 0.962. The summed E-state index contributed by atoms with van der Waals surface area (Å²) >= 11 is 0. The molecule has 0 aromatic rings. The topological polar surface area (TPSA) is 46.5 Å². The van der Waals surface area contributed by atoms with Crippen molar-refractivity contribution >= 4 is 5.97 Å². The van der Waals surface area contributed by atoms with Crippen molar-refractivity contribution in [3.8, 4) is 0 Å². The number of aliphatic hydroxyl groups excluding tert-OH is 1. The van der Waals surface area contributed by atoms with Gasteiger partial charge in [-0.05, 0) is 25.7 Å². The van der Waals surface area contributed by atoms with Crippen molar-refractivity contribution in [2.24, 2.45) is 0 Å². The third-order valence-electron chi connectivity index (χ3n) is 5.96. The van der Waals surface area contributed by atoms with Crippen molar-refractivity contribution < 1.29 is 14.6 Å². The van der Waals surface area contributed by atoms with Crippen LogP contribution < -0.4 is 0 Å². The molecule has 3 nitrogen and oxygen atoms in total. The van der Waals surface area contributed by atoms with E-state index in [1.165, 1.54) is 89.9 Å². The van der Waals surface area contributed by atoms with Crippen molar-refractivity contribution in [2.75, 3.05) is 0 Å². The first-order chi connectivity index (χ1) is 14.2. The third-order valence-corrected chi connectivity index (χ3v) is 5.96. The number of rotatable bonds is 22. The molecule has 0 saturated carbocycles. The lowest BCUT2D eigenvalue weighted by atomic mass is 10.0. The van der Waals surface area contributed by atoms with E-state index in [4.69, 9.17) is 4.74 Å². The molecular formula is C26H52O3. The Morgan fingerprint density at radius 2 is 1.07 bits per heavy atom. The van der Waals surface area contributed by atoms with Crippen molar-refractivity contribution in [3.05, 3.63) is 0 Å². The van der Waals surface area contributed by atoms with Crippen LogP contribution in [0.15, 0.2) is 0 Å². The Morgan fingerprint density at radius 3 is 1.52 bits per heavy atom. The van der Waals surface area contributed by atoms with Gasteiger partial charge in [0.15, 0.2) is 0 Å². The van der Waals surface area contributed by atoms with Gasteiger partial charge in [-0.2, -0.15) is 0 Å². The number of ether oxygens (including phenoxy) is 1. The molecule has 0 aliphatic rings. The van der Waals surface area contributed by atoms with Crippen LogP contribution in [0.3, 0.4) is 0 Å². The maximum Gasteiger partial charge on any atom is 0.306 e. The second-order valence-electron chi connectivity index (χ2n) is 8.85. The Bertz CT molecular complexity index is 343. The fourth-order valence-corrected chi connectivity index (χ4v) is 3.88. The van der Waals surface area contributed by atoms with E-state index in [1.807, 2.05) is 6.92 Å². The van der Waals surface area contributed by atoms with Crippen LogP contribution in [0.2, 0.25) is 0 Å². The third kappa shape index (κ3) is 19.2. The molecule has 0 bridgehead atoms. The molecule has 0 aliphatic carbocycles. The number of hydrogen-bond acceptors (Lipinski definition) is 3. The van der Waals surface area contributed by atoms with E-state index in [9.17, 15) is 9.90 Å². The number of aliphatic hydroxyl groups is 1. The normalized spacial score (nSPS) is 13.4. The first kappa shape index (κ1) is 28.4. The van der Waals surface area contributed by atoms with Crippen molar-refractivity contribution in [1.29, 1.82) is 0 Å². The molecule has 0 saturated heterocycles. The van der Waals surface area contributed by atoms with Crippen molar-refractivity contribution in [3.63, 3.8) is 0 Å². The molecule has 1 N–H and O–H groups in total. The molecule has 174 valence electrons. The van der Waals surface area contributed by atoms with Gasteiger partial charge in [-0.15, -0.1) is 0 Å². The number of unbranched alkanes of at least 4 members (excludes halogenated alkanes) is 15. The lowest BCUT2D eigenvalue weighted by Gasteiger charge is -2.22. The standard InChI is InChI=1S/C26H52O3/c1-4-7-9-11-12-13-14-15-16-17-19-20-22-25(24(27)6-3)29-26(28)23-21-18-10-8-5-2/h24-25,27H,4-23H2,1-3H3. The average molecular weight is 413 g/mol. The van der Waals surface area contributed by atoms with Crippen LogP contribution >= 0.6 is 0 Å². The molecule has 0 rings (SSSR count). The summed E-state index contributed by atoms with van der Waals surface area (Å²) < 4.78 is 5.62. The van der Waals surface area contributed by atoms with Gasteiger partial charge in [-0.3, -0.25) is 4.79 Å². The summed E-state index contributed by atoms with van der Waals surface area (Å²) in [6, 6.07) is 0. The highest BCUT2D eigenvalue weighted by Crippen LogP contribution is 2.17. The lowest BCUT2D eigenvalue weighted by molar-refractivity contribution is -0.156. The molecule has 0 aromatic heterocycles. The largest absolute Gasteiger partial charge is 0.460 e. The monoisotopic (exact) mass is 412 g/mol. The Morgan fingerprint density at radius 1 is 0.655 bits per heavy atom. The summed E-state index contributed by atoms with van der Waals surface area (Å²) in [5.74, 6) is -0.127. The van der Waals surface area contributed by atoms with Crippen LogP contribution in [-0.4, -0.2) is 23.3 Å². The zero-order chi connectivity index (χ0) is 21.6. The van der Waals surface area contributed by atoms with Gasteiger partial charge in [-0.25, -0.2) is 0 Å². The minimum atomic E-state index is -0.522. The van der Waals surface area contributed by atoms with Gasteiger partial charge in [0.25, 0.3) is 0 Å². The maximum absolute atomic E-state index is 12.1. The predicted molar refractivity (Wildman–Crippen MR) is 125 cm³/mol. The number of carbonyl (C=O) groups excluding carboxylic acids is 1. The SMILES string of the molecule is CCCCCCCCCCCCCCC(OC(=O)CCCCCCC)C(O)CC. The Kier molecular flexibility index (Phi) is 21.7. The zero-order valence-electron chi connectivity index (χ0n) is 20.1. The number of carbonyl (C=O) groups is 1. The molecule has 2 unspecified atom stereocenters. The van der Waals surface area contributed by atoms with Crippen LogP contribution in [-0.2, 0) is 9.53 Å². The average Bonchev–Trinajstić information content (AvgIpc) is 2.72. The van der Waals surface area contributed by atoms with E-state index in [1.54, 1.807) is 0 Å². The minimum absolute atomic E-state index is 0.127. The molecular weight excluding hydrogens is 360 g/mol. The molecule has 0 aliphatic heterocycles. The van der Waals surface area contributed by atoms with Crippen LogP contribution in [0.1, 0.15) is 149 Å². The molecule has 0 aromatic carbocycles. The first-order valence-corrected chi connectivity index (χ1v) is 13.0. The Hall–Kier alpha value is -0.570. The first-order valence-electron chi connectivity index (χ1n) is 13.0. The van der Waals surface area contributed by atoms with E-state index in [0.29, 0.717) is 12.8 Å². The highest BCUT2D eigenvalue weighted by Gasteiger charge is 2.21. The summed E-state index contributed by atoms with van der Waals surface area (Å²) in [6.07, 6.45) is 22.6. The second kappa shape index (κ2) is 22.1. The summed E-state index contributed by atoms with van der Waals surface area (Å²) in [4.78, 5) is 12.1. The Balaban J connectivity index is 3.73. The highest BCUT2D eigenvalue weighted by molar-refractivity contribution is 5.69. The molecule has 0 heterocycles. The quantitative estimate of drug-likeness (QED) is 0.144. The van der Waals surface area contributed by atoms with E-state index < -0.39 is 6.10 Å². The molecule has 0 radical (unpaired) electrons. The van der Waals surface area contributed by atoms with Gasteiger partial charge in [-0.1, -0.05) is 117 Å². The lowest BCUT2D eigenvalue weighted by Crippen LogP contribution is -2.30. The van der Waals surface area contributed by atoms with E-state index >= 15 is 0 Å². The number of esters is 1. The van der Waals surface area contributed by atoms with E-state index in [-0.39, 0.29) is 12.1 Å². The second-order valence-corrected chi connectivity index (χ2v) is 8.85. The van der Waals surface area contributed by atoms with Crippen LogP contribution in [0.25, 0.3) is 0 Å². The fourth-order valence-electron chi connectivity index (χ4n) is 3.88. The summed E-state index contributed by atoms with van der Waals surface area (Å²) in [7, 11) is 0. The highest BCUT2D eigenvalue weighted by atomic mass is 16.6. The molecule has 0 amide bonds. The van der Waals surface area contributed by atoms with Crippen LogP contribution in [0, 0.1) is 0 Å². The van der Waals surface area contributed by atoms with Crippen LogP contribution in [0.4, 0.5) is 0 Å². The van der Waals surface area contributed by atoms with E-state index in [2.05, 4.69) is 13.8 Å². The van der Waals surface area contributed by atoms with Gasteiger partial charge in [0.1, 0.15) is 6.10 Å². The molecule has 0 spiro atoms. The summed E-state index contributed by atoms with van der Waals surface area (Å²) in [5.41, 5.74) is 0. The van der Waals surface area contributed by atoms with Crippen molar-refractivity contribution in [1.82, 2.24) is 0 Å². The Labute approximate surface area is 182 Å². The molecule has 0 fully saturated rings. The van der Waals surface area contributed by atoms with Gasteiger partial charge in [0.2, 0.25) is 0 Å². The van der Waals surface area contributed by atoms with Gasteiger partial charge in [0, 0.05) is 6.42 Å². The van der Waals surface area contributed by atoms with Gasteiger partial charge >= 0.3 is 5.97 Å². The van der Waals surface area contributed by atoms with E-state index in [0.717, 1.165) is 25.7 Å². The summed E-state index contributed by atoms with van der Waals surface area (Å²) in [5, 5.41) is 10.2. The maximum atomic E-state index is 12.1. The number of hydrogen-bond donors (Lipinski definition) is 1. The smallest absolute Gasteiger partial charge is 0.306 e. The van der Waals surface area contributed by atoms with Crippen LogP contribution in [0.5, 0.6) is 0 Å². The molecule has 3 heteroatoms. The zero-order valence-corrected chi connectivity index (χ0v) is 20.1. The van der Waals surface area contributed by atoms with Crippen molar-refractivity contribution in [2.45, 2.75) is 161 Å².